The third-order valence-electron chi connectivity index (χ3n) is 7.81. The zero-order valence-electron chi connectivity index (χ0n) is 20.2. The Labute approximate surface area is 206 Å². The number of nitrogens with zero attached hydrogens (tertiary/aromatic N) is 2. The highest BCUT2D eigenvalue weighted by Gasteiger charge is 2.41. The van der Waals surface area contributed by atoms with Crippen molar-refractivity contribution in [3.05, 3.63) is 59.8 Å². The van der Waals surface area contributed by atoms with Crippen molar-refractivity contribution in [1.82, 2.24) is 15.2 Å². The number of aliphatic hydroxyl groups is 1. The second kappa shape index (κ2) is 9.64. The van der Waals surface area contributed by atoms with Crippen LogP contribution in [-0.4, -0.2) is 60.0 Å². The van der Waals surface area contributed by atoms with E-state index in [9.17, 15) is 5.11 Å². The summed E-state index contributed by atoms with van der Waals surface area (Å²) in [5.74, 6) is 2.47. The molecular formula is C28H33N3O4. The summed E-state index contributed by atoms with van der Waals surface area (Å²) in [6, 6.07) is 15.5. The van der Waals surface area contributed by atoms with Crippen LogP contribution in [0.25, 0.3) is 10.9 Å². The maximum atomic E-state index is 11.3. The maximum Gasteiger partial charge on any atom is 0.161 e. The topological polar surface area (TPSA) is 76.1 Å². The lowest BCUT2D eigenvalue weighted by atomic mass is 9.95. The number of nitrogens with one attached hydrogen (secondary N) is 1. The third-order valence-corrected chi connectivity index (χ3v) is 7.81. The molecule has 1 aromatic heterocycles. The Kier molecular flexibility index (Phi) is 6.22. The molecule has 2 fully saturated rings. The van der Waals surface area contributed by atoms with Crippen LogP contribution in [-0.2, 0) is 6.54 Å². The first-order valence-corrected chi connectivity index (χ1v) is 12.7. The number of methoxy groups -OCH3 is 1. The Morgan fingerprint density at radius 2 is 1.86 bits per heavy atom. The van der Waals surface area contributed by atoms with Crippen molar-refractivity contribution in [2.45, 2.75) is 56.5 Å². The highest BCUT2D eigenvalue weighted by molar-refractivity contribution is 5.83. The molecule has 2 aromatic carbocycles. The molecule has 3 aromatic rings. The average Bonchev–Trinajstić information content (AvgIpc) is 3.12. The van der Waals surface area contributed by atoms with E-state index in [-0.39, 0.29) is 0 Å². The van der Waals surface area contributed by atoms with Gasteiger partial charge in [0, 0.05) is 42.8 Å². The van der Waals surface area contributed by atoms with Crippen LogP contribution in [0.15, 0.2) is 48.7 Å². The summed E-state index contributed by atoms with van der Waals surface area (Å²) in [5, 5.41) is 16.0. The van der Waals surface area contributed by atoms with E-state index in [4.69, 9.17) is 14.2 Å². The zero-order valence-corrected chi connectivity index (χ0v) is 20.2. The van der Waals surface area contributed by atoms with Gasteiger partial charge in [-0.05, 0) is 73.2 Å². The van der Waals surface area contributed by atoms with E-state index in [1.165, 1.54) is 18.4 Å². The highest BCUT2D eigenvalue weighted by atomic mass is 16.6. The van der Waals surface area contributed by atoms with Gasteiger partial charge in [-0.3, -0.25) is 9.88 Å². The molecule has 2 N–H and O–H groups in total. The van der Waals surface area contributed by atoms with Crippen LogP contribution < -0.4 is 19.5 Å². The molecule has 184 valence electrons. The van der Waals surface area contributed by atoms with Crippen molar-refractivity contribution in [2.24, 2.45) is 0 Å². The predicted molar refractivity (Wildman–Crippen MR) is 134 cm³/mol. The van der Waals surface area contributed by atoms with Crippen molar-refractivity contribution in [1.29, 1.82) is 0 Å². The van der Waals surface area contributed by atoms with Crippen LogP contribution in [0.1, 0.15) is 42.9 Å². The number of benzene rings is 2. The van der Waals surface area contributed by atoms with E-state index in [2.05, 4.69) is 27.3 Å². The quantitative estimate of drug-likeness (QED) is 0.538. The number of piperidine rings is 1. The summed E-state index contributed by atoms with van der Waals surface area (Å²) in [5.41, 5.74) is 3.03. The number of hydrogen-bond donors (Lipinski definition) is 2. The van der Waals surface area contributed by atoms with Crippen LogP contribution in [0.3, 0.4) is 0 Å². The van der Waals surface area contributed by atoms with Gasteiger partial charge in [-0.15, -0.1) is 0 Å². The van der Waals surface area contributed by atoms with Crippen LogP contribution in [0.5, 0.6) is 17.2 Å². The minimum Gasteiger partial charge on any atom is -0.497 e. The van der Waals surface area contributed by atoms with E-state index in [0.29, 0.717) is 37.9 Å². The van der Waals surface area contributed by atoms with Gasteiger partial charge in [0.15, 0.2) is 11.5 Å². The number of aromatic nitrogens is 1. The molecule has 3 aliphatic rings. The summed E-state index contributed by atoms with van der Waals surface area (Å²) in [6.07, 6.45) is 5.85. The highest BCUT2D eigenvalue weighted by Crippen LogP contribution is 2.38. The molecule has 2 saturated heterocycles. The van der Waals surface area contributed by atoms with Crippen molar-refractivity contribution < 1.29 is 19.3 Å². The third kappa shape index (κ3) is 4.56. The lowest BCUT2D eigenvalue weighted by molar-refractivity contribution is 0.0522. The number of fused-ring (bicyclic) bond motifs is 4. The zero-order chi connectivity index (χ0) is 23.8. The Bertz CT molecular complexity index is 1190. The largest absolute Gasteiger partial charge is 0.497 e. The molecule has 0 spiro atoms. The molecule has 2 bridgehead atoms. The van der Waals surface area contributed by atoms with Crippen molar-refractivity contribution in [2.75, 3.05) is 26.9 Å². The summed E-state index contributed by atoms with van der Waals surface area (Å²) >= 11 is 0. The van der Waals surface area contributed by atoms with Crippen LogP contribution in [0, 0.1) is 0 Å². The van der Waals surface area contributed by atoms with E-state index >= 15 is 0 Å². The smallest absolute Gasteiger partial charge is 0.161 e. The fraction of sp³-hybridized carbons (Fsp3) is 0.464. The second-order valence-electron chi connectivity index (χ2n) is 9.91. The molecule has 6 rings (SSSR count). The monoisotopic (exact) mass is 475 g/mol. The Morgan fingerprint density at radius 1 is 1.06 bits per heavy atom. The molecule has 3 atom stereocenters. The van der Waals surface area contributed by atoms with E-state index in [0.717, 1.165) is 53.1 Å². The molecular weight excluding hydrogens is 442 g/mol. The summed E-state index contributed by atoms with van der Waals surface area (Å²) in [7, 11) is 1.66. The number of aliphatic hydroxyl groups excluding tert-OH is 1. The Balaban J connectivity index is 1.10. The number of rotatable bonds is 7. The minimum atomic E-state index is -0.557. The number of pyridine rings is 1. The number of hydrogen-bond acceptors (Lipinski definition) is 7. The number of ether oxygens (including phenoxy) is 3. The van der Waals surface area contributed by atoms with Crippen molar-refractivity contribution in [3.63, 3.8) is 0 Å². The second-order valence-corrected chi connectivity index (χ2v) is 9.91. The lowest BCUT2D eigenvalue weighted by Gasteiger charge is -2.40. The van der Waals surface area contributed by atoms with E-state index in [1.54, 1.807) is 13.3 Å². The Morgan fingerprint density at radius 3 is 2.66 bits per heavy atom. The van der Waals surface area contributed by atoms with Gasteiger partial charge in [0.1, 0.15) is 19.0 Å². The molecule has 3 aliphatic heterocycles. The van der Waals surface area contributed by atoms with Crippen LogP contribution in [0.2, 0.25) is 0 Å². The predicted octanol–water partition coefficient (Wildman–Crippen LogP) is 3.83. The van der Waals surface area contributed by atoms with Crippen LogP contribution in [0.4, 0.5) is 0 Å². The first kappa shape index (κ1) is 22.6. The van der Waals surface area contributed by atoms with Crippen molar-refractivity contribution >= 4 is 10.9 Å². The SMILES string of the molecule is COc1ccc2nccc(C(O)CN3C4CCC3CC(NCc3ccc5c(c3)OCCO5)C4)c2c1. The molecule has 0 saturated carbocycles. The fourth-order valence-corrected chi connectivity index (χ4v) is 6.06. The molecule has 4 heterocycles. The molecule has 7 nitrogen and oxygen atoms in total. The summed E-state index contributed by atoms with van der Waals surface area (Å²) in [4.78, 5) is 7.01. The van der Waals surface area contributed by atoms with Gasteiger partial charge >= 0.3 is 0 Å². The van der Waals surface area contributed by atoms with Crippen LogP contribution >= 0.6 is 0 Å². The van der Waals surface area contributed by atoms with E-state index < -0.39 is 6.10 Å². The normalized spacial score (nSPS) is 24.5. The van der Waals surface area contributed by atoms with Crippen molar-refractivity contribution in [3.8, 4) is 17.2 Å². The Hall–Kier alpha value is -2.87. The lowest BCUT2D eigenvalue weighted by Crippen LogP contribution is -2.50. The van der Waals surface area contributed by atoms with Gasteiger partial charge in [0.05, 0.1) is 18.7 Å². The molecule has 3 unspecified atom stereocenters. The first-order chi connectivity index (χ1) is 17.2. The van der Waals surface area contributed by atoms with Gasteiger partial charge in [-0.2, -0.15) is 0 Å². The minimum absolute atomic E-state index is 0.486. The molecule has 0 aliphatic carbocycles. The molecule has 35 heavy (non-hydrogen) atoms. The van der Waals surface area contributed by atoms with Gasteiger partial charge in [0.2, 0.25) is 0 Å². The van der Waals surface area contributed by atoms with Gasteiger partial charge in [0.25, 0.3) is 0 Å². The summed E-state index contributed by atoms with van der Waals surface area (Å²) < 4.78 is 16.8. The molecule has 0 amide bonds. The van der Waals surface area contributed by atoms with E-state index in [1.807, 2.05) is 30.3 Å². The maximum absolute atomic E-state index is 11.3. The van der Waals surface area contributed by atoms with Gasteiger partial charge in [-0.1, -0.05) is 6.07 Å². The summed E-state index contributed by atoms with van der Waals surface area (Å²) in [6.45, 7) is 2.71. The average molecular weight is 476 g/mol. The first-order valence-electron chi connectivity index (χ1n) is 12.7. The standard InChI is InChI=1S/C28H33N3O4/c1-33-22-5-6-25-24(15-22)23(8-9-29-25)26(32)17-31-20-3-4-21(31)14-19(13-20)30-16-18-2-7-27-28(12-18)35-11-10-34-27/h2,5-9,12,15,19-21,26,30,32H,3-4,10-11,13-14,16-17H2,1H3. The molecule has 7 heteroatoms. The fourth-order valence-electron chi connectivity index (χ4n) is 6.06. The van der Waals surface area contributed by atoms with Gasteiger partial charge in [-0.25, -0.2) is 0 Å². The van der Waals surface area contributed by atoms with Gasteiger partial charge < -0.3 is 24.6 Å². The molecule has 0 radical (unpaired) electrons.